The topological polar surface area (TPSA) is 158 Å². The third-order valence-corrected chi connectivity index (χ3v) is 2.78. The summed E-state index contributed by atoms with van der Waals surface area (Å²) in [5, 5.41) is 25.7. The Morgan fingerprint density at radius 2 is 1.45 bits per heavy atom. The maximum Gasteiger partial charge on any atom is 1.00 e. The minimum absolute atomic E-state index is 0. The van der Waals surface area contributed by atoms with Gasteiger partial charge in [0.05, 0.1) is 11.2 Å². The molecule has 0 saturated heterocycles. The molecular formula is C10H9Na3O8S. The summed E-state index contributed by atoms with van der Waals surface area (Å²) in [7, 11) is -5.19. The molecule has 0 aliphatic carbocycles. The van der Waals surface area contributed by atoms with E-state index in [1.807, 2.05) is 6.07 Å². The summed E-state index contributed by atoms with van der Waals surface area (Å²) < 4.78 is 30.1. The minimum Gasteiger partial charge on any atom is -0.747 e. The van der Waals surface area contributed by atoms with Crippen LogP contribution in [0.15, 0.2) is 30.3 Å². The Balaban J connectivity index is -0.000000141. The van der Waals surface area contributed by atoms with Gasteiger partial charge in [-0.05, 0) is 12.1 Å². The number of phenols is 1. The molecule has 0 aromatic heterocycles. The molecule has 0 aliphatic rings. The molecule has 1 aromatic rings. The van der Waals surface area contributed by atoms with E-state index >= 15 is 0 Å². The van der Waals surface area contributed by atoms with Crippen molar-refractivity contribution in [2.24, 2.45) is 0 Å². The predicted octanol–water partition coefficient (Wildman–Crippen LogP) is -11.8. The molecule has 1 N–H and O–H groups in total. The van der Waals surface area contributed by atoms with Crippen LogP contribution in [-0.4, -0.2) is 35.3 Å². The number of carboxylic acids is 2. The second kappa shape index (κ2) is 15.4. The van der Waals surface area contributed by atoms with Crippen molar-refractivity contribution in [2.45, 2.75) is 11.7 Å². The van der Waals surface area contributed by atoms with Crippen LogP contribution in [0.2, 0.25) is 0 Å². The largest absolute Gasteiger partial charge is 1.00 e. The third-order valence-electron chi connectivity index (χ3n) is 1.72. The van der Waals surface area contributed by atoms with E-state index in [2.05, 4.69) is 0 Å². The number of rotatable bonds is 4. The van der Waals surface area contributed by atoms with Crippen molar-refractivity contribution in [1.82, 2.24) is 0 Å². The van der Waals surface area contributed by atoms with Crippen LogP contribution in [0.25, 0.3) is 0 Å². The van der Waals surface area contributed by atoms with Crippen LogP contribution in [0.1, 0.15) is 6.42 Å². The Bertz CT molecular complexity index is 534. The average Bonchev–Trinajstić information content (AvgIpc) is 2.26. The SMILES string of the molecule is O=C([O-])CC(C(=O)[O-])S(=O)(=O)[O-].Oc1ccccc1.[Na+].[Na+].[Na+]. The summed E-state index contributed by atoms with van der Waals surface area (Å²) in [6.45, 7) is 0. The van der Waals surface area contributed by atoms with Gasteiger partial charge in [-0.2, -0.15) is 0 Å². The second-order valence-electron chi connectivity index (χ2n) is 3.21. The molecule has 106 valence electrons. The molecule has 1 rings (SSSR count). The number of benzene rings is 1. The van der Waals surface area contributed by atoms with E-state index < -0.39 is 33.7 Å². The van der Waals surface area contributed by atoms with E-state index in [1.54, 1.807) is 24.3 Å². The Morgan fingerprint density at radius 1 is 1.05 bits per heavy atom. The number of aromatic hydroxyl groups is 1. The first-order chi connectivity index (χ1) is 8.64. The monoisotopic (exact) mass is 358 g/mol. The van der Waals surface area contributed by atoms with Crippen LogP contribution in [0.4, 0.5) is 0 Å². The molecule has 0 heterocycles. The van der Waals surface area contributed by atoms with Gasteiger partial charge in [0.25, 0.3) is 0 Å². The van der Waals surface area contributed by atoms with E-state index in [0.29, 0.717) is 5.75 Å². The maximum atomic E-state index is 10.0. The van der Waals surface area contributed by atoms with Crippen LogP contribution in [0.5, 0.6) is 5.75 Å². The van der Waals surface area contributed by atoms with Crippen molar-refractivity contribution >= 4 is 22.1 Å². The zero-order valence-electron chi connectivity index (χ0n) is 12.4. The average molecular weight is 358 g/mol. The summed E-state index contributed by atoms with van der Waals surface area (Å²) in [6, 6.07) is 8.71. The van der Waals surface area contributed by atoms with Gasteiger partial charge in [-0.15, -0.1) is 0 Å². The smallest absolute Gasteiger partial charge is 0.747 e. The van der Waals surface area contributed by atoms with E-state index in [9.17, 15) is 32.8 Å². The molecule has 8 nitrogen and oxygen atoms in total. The normalized spacial score (nSPS) is 10.2. The molecule has 0 spiro atoms. The molecule has 0 amide bonds. The molecular weight excluding hydrogens is 349 g/mol. The van der Waals surface area contributed by atoms with Crippen molar-refractivity contribution in [3.63, 3.8) is 0 Å². The first-order valence-corrected chi connectivity index (χ1v) is 6.21. The number of para-hydroxylation sites is 1. The number of carbonyl (C=O) groups excluding carboxylic acids is 2. The van der Waals surface area contributed by atoms with Gasteiger partial charge in [-0.25, -0.2) is 8.42 Å². The molecule has 0 radical (unpaired) electrons. The quantitative estimate of drug-likeness (QED) is 0.410. The first kappa shape index (κ1) is 30.7. The number of carboxylic acid groups (broad SMARTS) is 2. The Hall–Kier alpha value is 0.870. The standard InChI is InChI=1S/C6H6O.C4H6O7S.3Na/c7-6-4-2-1-3-5-6;5-3(6)1-2(4(7)8)12(9,10)11;;;/h1-5,7H;2H,1H2,(H,5,6)(H,7,8)(H,9,10,11);;;/q;;3*+1/p-3. The van der Waals surface area contributed by atoms with Gasteiger partial charge < -0.3 is 29.5 Å². The molecule has 12 heteroatoms. The van der Waals surface area contributed by atoms with E-state index in [0.717, 1.165) is 0 Å². The maximum absolute atomic E-state index is 10.0. The van der Waals surface area contributed by atoms with Gasteiger partial charge >= 0.3 is 88.7 Å². The second-order valence-corrected chi connectivity index (χ2v) is 4.77. The number of hydrogen-bond donors (Lipinski definition) is 1. The van der Waals surface area contributed by atoms with Crippen LogP contribution in [0.3, 0.4) is 0 Å². The molecule has 1 atom stereocenters. The number of carbonyl (C=O) groups is 2. The van der Waals surface area contributed by atoms with Gasteiger partial charge in [0.15, 0.2) is 0 Å². The van der Waals surface area contributed by atoms with Crippen LogP contribution < -0.4 is 98.9 Å². The van der Waals surface area contributed by atoms with Gasteiger partial charge in [-0.1, -0.05) is 18.2 Å². The van der Waals surface area contributed by atoms with Crippen molar-refractivity contribution in [1.29, 1.82) is 0 Å². The first-order valence-electron chi connectivity index (χ1n) is 4.74. The number of phenolic OH excluding ortho intramolecular Hbond substituents is 1. The number of hydrogen-bond acceptors (Lipinski definition) is 8. The zero-order chi connectivity index (χ0) is 15.1. The molecule has 0 aliphatic heterocycles. The summed E-state index contributed by atoms with van der Waals surface area (Å²) in [5.74, 6) is -3.86. The van der Waals surface area contributed by atoms with Gasteiger partial charge in [0.1, 0.15) is 15.9 Å². The fraction of sp³-hybridized carbons (Fsp3) is 0.200. The third kappa shape index (κ3) is 15.8. The summed E-state index contributed by atoms with van der Waals surface area (Å²) >= 11 is 0. The van der Waals surface area contributed by atoms with Crippen LogP contribution >= 0.6 is 0 Å². The molecule has 1 aromatic carbocycles. The Morgan fingerprint density at radius 3 is 1.59 bits per heavy atom. The fourth-order valence-electron chi connectivity index (χ4n) is 0.883. The van der Waals surface area contributed by atoms with Gasteiger partial charge in [0.2, 0.25) is 0 Å². The van der Waals surface area contributed by atoms with Crippen molar-refractivity contribution in [2.75, 3.05) is 0 Å². The van der Waals surface area contributed by atoms with E-state index in [4.69, 9.17) is 5.11 Å². The molecule has 0 bridgehead atoms. The van der Waals surface area contributed by atoms with Crippen molar-refractivity contribution < 1.29 is 127 Å². The minimum atomic E-state index is -5.19. The van der Waals surface area contributed by atoms with E-state index in [1.165, 1.54) is 0 Å². The number of aliphatic carboxylic acids is 2. The zero-order valence-corrected chi connectivity index (χ0v) is 19.2. The van der Waals surface area contributed by atoms with Gasteiger partial charge in [0, 0.05) is 12.4 Å². The summed E-state index contributed by atoms with van der Waals surface area (Å²) in [6.07, 6.45) is -1.39. The molecule has 1 unspecified atom stereocenters. The van der Waals surface area contributed by atoms with Crippen molar-refractivity contribution in [3.8, 4) is 5.75 Å². The summed E-state index contributed by atoms with van der Waals surface area (Å²) in [5.41, 5.74) is 0. The molecule has 22 heavy (non-hydrogen) atoms. The summed E-state index contributed by atoms with van der Waals surface area (Å²) in [4.78, 5) is 19.7. The van der Waals surface area contributed by atoms with Crippen molar-refractivity contribution in [3.05, 3.63) is 30.3 Å². The van der Waals surface area contributed by atoms with Crippen LogP contribution in [0, 0.1) is 0 Å². The fourth-order valence-corrected chi connectivity index (χ4v) is 1.46. The van der Waals surface area contributed by atoms with Gasteiger partial charge in [-0.3, -0.25) is 0 Å². The molecule has 0 fully saturated rings. The predicted molar refractivity (Wildman–Crippen MR) is 56.2 cm³/mol. The Kier molecular flexibility index (Phi) is 21.5. The Labute approximate surface area is 193 Å². The molecule has 0 saturated carbocycles. The van der Waals surface area contributed by atoms with Crippen LogP contribution in [-0.2, 0) is 19.7 Å². The van der Waals surface area contributed by atoms with E-state index in [-0.39, 0.29) is 88.7 Å².